The van der Waals surface area contributed by atoms with Crippen LogP contribution in [0.3, 0.4) is 0 Å². The van der Waals surface area contributed by atoms with Gasteiger partial charge in [0, 0.05) is 4.47 Å². The lowest BCUT2D eigenvalue weighted by atomic mass is 10.2. The largest absolute Gasteiger partial charge is 0.206 e. The first-order chi connectivity index (χ1) is 5.75. The van der Waals surface area contributed by atoms with E-state index >= 15 is 0 Å². The third-order valence-electron chi connectivity index (χ3n) is 1.24. The summed E-state index contributed by atoms with van der Waals surface area (Å²) in [5, 5.41) is 0.549. The lowest BCUT2D eigenvalue weighted by Crippen LogP contribution is -1.84. The van der Waals surface area contributed by atoms with E-state index in [0.29, 0.717) is 15.4 Å². The van der Waals surface area contributed by atoms with Crippen LogP contribution in [0.1, 0.15) is 5.56 Å². The van der Waals surface area contributed by atoms with Gasteiger partial charge in [-0.1, -0.05) is 33.8 Å². The molecule has 0 fully saturated rings. The van der Waals surface area contributed by atoms with Crippen molar-refractivity contribution in [2.45, 2.75) is 0 Å². The summed E-state index contributed by atoms with van der Waals surface area (Å²) in [6, 6.07) is 4.79. The summed E-state index contributed by atoms with van der Waals surface area (Å²) in [5.74, 6) is 5.16. The molecular weight excluding hydrogens is 287 g/mol. The van der Waals surface area contributed by atoms with E-state index in [1.807, 2.05) is 0 Å². The van der Waals surface area contributed by atoms with Crippen molar-refractivity contribution in [3.63, 3.8) is 0 Å². The summed E-state index contributed by atoms with van der Waals surface area (Å²) in [4.78, 5) is 0. The molecule has 0 unspecified atom stereocenters. The van der Waals surface area contributed by atoms with Crippen LogP contribution in [0.15, 0.2) is 22.7 Å². The predicted octanol–water partition coefficient (Wildman–Crippen LogP) is 3.33. The van der Waals surface area contributed by atoms with Crippen LogP contribution in [-0.2, 0) is 0 Å². The molecule has 0 nitrogen and oxygen atoms in total. The molecule has 62 valence electrons. The van der Waals surface area contributed by atoms with Gasteiger partial charge in [0.05, 0.1) is 10.9 Å². The molecule has 0 aliphatic rings. The summed E-state index contributed by atoms with van der Waals surface area (Å²) in [6.45, 7) is 0. The fraction of sp³-hybridized carbons (Fsp3) is 0.111. The average molecular weight is 292 g/mol. The lowest BCUT2D eigenvalue weighted by molar-refractivity contribution is 0.623. The van der Waals surface area contributed by atoms with Crippen LogP contribution in [0.5, 0.6) is 0 Å². The Bertz CT molecular complexity index is 316. The molecule has 0 aromatic heterocycles. The SMILES string of the molecule is Fc1cccc(Br)c1C#CCBr. The Kier molecular flexibility index (Phi) is 3.77. The molecule has 1 aromatic rings. The van der Waals surface area contributed by atoms with Crippen LogP contribution in [-0.4, -0.2) is 5.33 Å². The van der Waals surface area contributed by atoms with Gasteiger partial charge in [-0.3, -0.25) is 0 Å². The second-order valence-corrected chi connectivity index (χ2v) is 3.45. The maximum Gasteiger partial charge on any atom is 0.139 e. The van der Waals surface area contributed by atoms with Crippen molar-refractivity contribution in [3.8, 4) is 11.8 Å². The highest BCUT2D eigenvalue weighted by Gasteiger charge is 2.01. The fourth-order valence-corrected chi connectivity index (χ4v) is 1.32. The number of hydrogen-bond donors (Lipinski definition) is 0. The van der Waals surface area contributed by atoms with Crippen LogP contribution in [0.25, 0.3) is 0 Å². The minimum Gasteiger partial charge on any atom is -0.206 e. The van der Waals surface area contributed by atoms with Gasteiger partial charge < -0.3 is 0 Å². The molecule has 0 spiro atoms. The van der Waals surface area contributed by atoms with Crippen molar-refractivity contribution < 1.29 is 4.39 Å². The Morgan fingerprint density at radius 1 is 1.42 bits per heavy atom. The van der Waals surface area contributed by atoms with Crippen molar-refractivity contribution in [1.29, 1.82) is 0 Å². The molecule has 0 bridgehead atoms. The number of halogens is 3. The first-order valence-electron chi connectivity index (χ1n) is 3.24. The molecular formula is C9H5Br2F. The molecule has 0 saturated heterocycles. The highest BCUT2D eigenvalue weighted by Crippen LogP contribution is 2.17. The zero-order valence-corrected chi connectivity index (χ0v) is 9.25. The van der Waals surface area contributed by atoms with Crippen molar-refractivity contribution in [2.24, 2.45) is 0 Å². The summed E-state index contributed by atoms with van der Waals surface area (Å²) in [6.07, 6.45) is 0. The third kappa shape index (κ3) is 2.33. The maximum atomic E-state index is 13.0. The Hall–Kier alpha value is -0.330. The molecule has 1 rings (SSSR count). The van der Waals surface area contributed by atoms with Gasteiger partial charge in [0.1, 0.15) is 5.82 Å². The van der Waals surface area contributed by atoms with Gasteiger partial charge in [0.2, 0.25) is 0 Å². The normalized spacial score (nSPS) is 8.92. The van der Waals surface area contributed by atoms with Gasteiger partial charge in [-0.2, -0.15) is 0 Å². The van der Waals surface area contributed by atoms with E-state index in [2.05, 4.69) is 43.7 Å². The maximum absolute atomic E-state index is 13.0. The van der Waals surface area contributed by atoms with Gasteiger partial charge in [0.15, 0.2) is 0 Å². The van der Waals surface area contributed by atoms with Gasteiger partial charge in [-0.15, -0.1) is 0 Å². The van der Waals surface area contributed by atoms with E-state index in [0.717, 1.165) is 0 Å². The molecule has 1 aromatic carbocycles. The van der Waals surface area contributed by atoms with Gasteiger partial charge >= 0.3 is 0 Å². The Balaban J connectivity index is 3.13. The molecule has 0 heterocycles. The minimum absolute atomic E-state index is 0.294. The monoisotopic (exact) mass is 290 g/mol. The second kappa shape index (κ2) is 4.64. The molecule has 0 amide bonds. The number of alkyl halides is 1. The summed E-state index contributed by atoms with van der Waals surface area (Å²) < 4.78 is 13.7. The van der Waals surface area contributed by atoms with E-state index in [1.165, 1.54) is 6.07 Å². The van der Waals surface area contributed by atoms with Crippen LogP contribution in [0.4, 0.5) is 4.39 Å². The molecule has 0 radical (unpaired) electrons. The van der Waals surface area contributed by atoms with E-state index < -0.39 is 0 Å². The average Bonchev–Trinajstić information content (AvgIpc) is 2.04. The summed E-state index contributed by atoms with van der Waals surface area (Å²) in [7, 11) is 0. The quantitative estimate of drug-likeness (QED) is 0.508. The second-order valence-electron chi connectivity index (χ2n) is 2.03. The minimum atomic E-state index is -0.294. The summed E-state index contributed by atoms with van der Waals surface area (Å²) >= 11 is 6.36. The molecule has 0 saturated carbocycles. The number of rotatable bonds is 0. The zero-order valence-electron chi connectivity index (χ0n) is 6.07. The lowest BCUT2D eigenvalue weighted by Gasteiger charge is -1.95. The van der Waals surface area contributed by atoms with Crippen molar-refractivity contribution in [2.75, 3.05) is 5.33 Å². The van der Waals surface area contributed by atoms with E-state index in [9.17, 15) is 4.39 Å². The van der Waals surface area contributed by atoms with E-state index in [1.54, 1.807) is 12.1 Å². The van der Waals surface area contributed by atoms with Crippen molar-refractivity contribution in [3.05, 3.63) is 34.1 Å². The Morgan fingerprint density at radius 2 is 2.17 bits per heavy atom. The van der Waals surface area contributed by atoms with Crippen molar-refractivity contribution >= 4 is 31.9 Å². The van der Waals surface area contributed by atoms with Crippen LogP contribution in [0.2, 0.25) is 0 Å². The standard InChI is InChI=1S/C9H5Br2F/c10-6-2-3-7-8(11)4-1-5-9(7)12/h1,4-5H,6H2. The highest BCUT2D eigenvalue weighted by molar-refractivity contribution is 9.10. The Morgan fingerprint density at radius 3 is 2.75 bits per heavy atom. The van der Waals surface area contributed by atoms with Crippen LogP contribution in [0, 0.1) is 17.7 Å². The van der Waals surface area contributed by atoms with Crippen LogP contribution >= 0.6 is 31.9 Å². The zero-order chi connectivity index (χ0) is 8.97. The molecule has 0 atom stereocenters. The molecule has 0 aliphatic heterocycles. The first-order valence-corrected chi connectivity index (χ1v) is 5.16. The smallest absolute Gasteiger partial charge is 0.139 e. The van der Waals surface area contributed by atoms with Crippen LogP contribution < -0.4 is 0 Å². The number of hydrogen-bond acceptors (Lipinski definition) is 0. The molecule has 3 heteroatoms. The molecule has 0 aliphatic carbocycles. The van der Waals surface area contributed by atoms with Gasteiger partial charge in [0.25, 0.3) is 0 Å². The first kappa shape index (κ1) is 9.76. The van der Waals surface area contributed by atoms with E-state index in [-0.39, 0.29) is 5.82 Å². The Labute approximate surface area is 87.4 Å². The predicted molar refractivity (Wildman–Crippen MR) is 54.8 cm³/mol. The third-order valence-corrected chi connectivity index (χ3v) is 2.18. The van der Waals surface area contributed by atoms with Gasteiger partial charge in [-0.05, 0) is 28.1 Å². The van der Waals surface area contributed by atoms with Gasteiger partial charge in [-0.25, -0.2) is 4.39 Å². The van der Waals surface area contributed by atoms with Crippen molar-refractivity contribution in [1.82, 2.24) is 0 Å². The van der Waals surface area contributed by atoms with E-state index in [4.69, 9.17) is 0 Å². The molecule has 0 N–H and O–H groups in total. The fourth-order valence-electron chi connectivity index (χ4n) is 0.739. The molecule has 12 heavy (non-hydrogen) atoms. The topological polar surface area (TPSA) is 0 Å². The summed E-state index contributed by atoms with van der Waals surface area (Å²) in [5.41, 5.74) is 0.414. The number of benzene rings is 1. The highest BCUT2D eigenvalue weighted by atomic mass is 79.9.